The summed E-state index contributed by atoms with van der Waals surface area (Å²) in [6, 6.07) is 32.4. The van der Waals surface area contributed by atoms with Crippen LogP contribution in [0.1, 0.15) is 60.8 Å². The molecule has 4 atom stereocenters. The van der Waals surface area contributed by atoms with Crippen LogP contribution in [0.4, 0.5) is 15.0 Å². The number of halogens is 2. The van der Waals surface area contributed by atoms with Gasteiger partial charge >= 0.3 is 12.1 Å². The molecule has 3 aliphatic rings. The number of nitrogens with zero attached hydrogens (tertiary/aromatic N) is 6. The smallest absolute Gasteiger partial charge is 0.410 e. The summed E-state index contributed by atoms with van der Waals surface area (Å²) in [6.45, 7) is 14.5. The number of fused-ring (bicyclic) bond motifs is 4. The molecule has 3 fully saturated rings. The first-order valence-electron chi connectivity index (χ1n) is 22.0. The summed E-state index contributed by atoms with van der Waals surface area (Å²) < 4.78 is 37.5. The van der Waals surface area contributed by atoms with Gasteiger partial charge in [0.05, 0.1) is 29.6 Å². The lowest BCUT2D eigenvalue weighted by Gasteiger charge is -2.45. The molecule has 10 nitrogen and oxygen atoms in total. The Kier molecular flexibility index (Phi) is 11.5. The molecule has 0 N–H and O–H groups in total. The zero-order chi connectivity index (χ0) is 44.3. The largest absolute Gasteiger partial charge is 0.462 e. The highest BCUT2D eigenvalue weighted by Crippen LogP contribution is 2.42. The van der Waals surface area contributed by atoms with Crippen molar-refractivity contribution in [2.75, 3.05) is 38.2 Å². The van der Waals surface area contributed by atoms with E-state index in [0.717, 1.165) is 31.2 Å². The minimum absolute atomic E-state index is 0.0657. The Hall–Kier alpha value is -5.14. The zero-order valence-electron chi connectivity index (χ0n) is 37.1. The highest BCUT2D eigenvalue weighted by molar-refractivity contribution is 6.99. The molecular formula is C50H56ClFN6O4Si. The van der Waals surface area contributed by atoms with Crippen LogP contribution in [0.5, 0.6) is 6.01 Å². The topological polar surface area (TPSA) is 93.2 Å². The van der Waals surface area contributed by atoms with Crippen LogP contribution >= 0.6 is 11.6 Å². The number of hydrogen-bond acceptors (Lipinski definition) is 9. The van der Waals surface area contributed by atoms with Gasteiger partial charge in [0.1, 0.15) is 29.2 Å². The summed E-state index contributed by atoms with van der Waals surface area (Å²) in [6.07, 6.45) is 3.65. The van der Waals surface area contributed by atoms with E-state index in [9.17, 15) is 4.79 Å². The predicted molar refractivity (Wildman–Crippen MR) is 251 cm³/mol. The number of amides is 1. The van der Waals surface area contributed by atoms with Crippen LogP contribution in [0.25, 0.3) is 32.9 Å². The maximum Gasteiger partial charge on any atom is 0.410 e. The number of carbonyl (C=O) groups excluding carboxylic acids is 1. The monoisotopic (exact) mass is 886 g/mol. The number of hydrogen-bond donors (Lipinski definition) is 0. The first-order chi connectivity index (χ1) is 30.1. The van der Waals surface area contributed by atoms with E-state index in [1.54, 1.807) is 12.3 Å². The average molecular weight is 888 g/mol. The van der Waals surface area contributed by atoms with Crippen molar-refractivity contribution in [3.05, 3.63) is 114 Å². The van der Waals surface area contributed by atoms with E-state index >= 15 is 4.39 Å². The molecule has 1 amide bonds. The lowest BCUT2D eigenvalue weighted by Crippen LogP contribution is -2.68. The van der Waals surface area contributed by atoms with Crippen molar-refractivity contribution < 1.29 is 23.1 Å². The Morgan fingerprint density at radius 1 is 0.841 bits per heavy atom. The van der Waals surface area contributed by atoms with Gasteiger partial charge in [-0.25, -0.2) is 9.18 Å². The van der Waals surface area contributed by atoms with Gasteiger partial charge in [0.2, 0.25) is 0 Å². The van der Waals surface area contributed by atoms with Crippen LogP contribution in [0, 0.1) is 5.82 Å². The normalized spacial score (nSPS) is 20.8. The van der Waals surface area contributed by atoms with E-state index in [-0.39, 0.29) is 59.2 Å². The number of likely N-dealkylation sites (tertiary alicyclic amines) is 1. The van der Waals surface area contributed by atoms with Gasteiger partial charge in [-0.15, -0.1) is 0 Å². The Labute approximate surface area is 375 Å². The molecule has 63 heavy (non-hydrogen) atoms. The molecule has 0 saturated carbocycles. The second kappa shape index (κ2) is 16.8. The average Bonchev–Trinajstić information content (AvgIpc) is 3.74. The van der Waals surface area contributed by atoms with E-state index in [4.69, 9.17) is 40.5 Å². The van der Waals surface area contributed by atoms with Crippen LogP contribution in [0.15, 0.2) is 103 Å². The van der Waals surface area contributed by atoms with Crippen molar-refractivity contribution >= 4 is 63.9 Å². The lowest BCUT2D eigenvalue weighted by atomic mass is 10.0. The minimum Gasteiger partial charge on any atom is -0.462 e. The van der Waals surface area contributed by atoms with Gasteiger partial charge in [0, 0.05) is 41.8 Å². The molecule has 0 radical (unpaired) electrons. The van der Waals surface area contributed by atoms with E-state index in [1.807, 2.05) is 56.0 Å². The van der Waals surface area contributed by atoms with E-state index in [2.05, 4.69) is 98.3 Å². The maximum atomic E-state index is 17.4. The second-order valence-corrected chi connectivity index (χ2v) is 24.0. The molecule has 328 valence electrons. The second-order valence-electron chi connectivity index (χ2n) is 19.3. The molecule has 2 aromatic heterocycles. The molecule has 6 aromatic rings. The standard InChI is InChI=1S/C50H56ClFN6O4Si/c1-49(2,3)61-48(59)58-33-24-25-34(58)30-57(29-33)46-38-28-53-44(37-22-14-16-32-17-15-23-39(51)42(32)37)43(52)45(38)54-47(55-46)60-31-40-41(26-27-56(40)7)62-63(50(4,5)6,35-18-10-8-11-19-35)36-20-12-9-13-21-36/h8-23,28,33-34,40-41H,24-27,29-31H2,1-7H3/t33?,34?,40-,41-/m1/s1. The first kappa shape index (κ1) is 43.1. The third kappa shape index (κ3) is 8.04. The fourth-order valence-corrected chi connectivity index (χ4v) is 15.1. The number of carbonyl (C=O) groups is 1. The molecule has 13 heteroatoms. The molecule has 5 heterocycles. The number of rotatable bonds is 9. The molecule has 4 aromatic carbocycles. The molecule has 0 spiro atoms. The zero-order valence-corrected chi connectivity index (χ0v) is 38.9. The van der Waals surface area contributed by atoms with Gasteiger partial charge in [0.15, 0.2) is 5.82 Å². The van der Waals surface area contributed by atoms with Gasteiger partial charge in [-0.05, 0) is 73.9 Å². The lowest BCUT2D eigenvalue weighted by molar-refractivity contribution is 0.0122. The predicted octanol–water partition coefficient (Wildman–Crippen LogP) is 9.25. The fraction of sp³-hybridized carbons (Fsp3) is 0.400. The summed E-state index contributed by atoms with van der Waals surface area (Å²) in [4.78, 5) is 34.4. The summed E-state index contributed by atoms with van der Waals surface area (Å²) in [5.74, 6) is -0.0702. The van der Waals surface area contributed by atoms with E-state index in [0.29, 0.717) is 40.3 Å². The number of likely N-dealkylation sites (N-methyl/N-ethyl adjacent to an activating group) is 1. The number of piperazine rings is 1. The highest BCUT2D eigenvalue weighted by atomic mass is 35.5. The van der Waals surface area contributed by atoms with E-state index in [1.165, 1.54) is 10.4 Å². The first-order valence-corrected chi connectivity index (χ1v) is 24.3. The SMILES string of the molecule is CN1CC[C@@H](O[Si](c2ccccc2)(c2ccccc2)C(C)(C)C)[C@H]1COc1nc(N2CC3CCC(C2)N3C(=O)OC(C)(C)C)c2cnc(-c3cccc4cccc(Cl)c34)c(F)c2n1. The van der Waals surface area contributed by atoms with Crippen molar-refractivity contribution in [1.29, 1.82) is 0 Å². The molecule has 2 unspecified atom stereocenters. The molecule has 3 saturated heterocycles. The summed E-state index contributed by atoms with van der Waals surface area (Å²) in [5, 5.41) is 4.79. The van der Waals surface area contributed by atoms with Crippen molar-refractivity contribution in [3.8, 4) is 17.3 Å². The Balaban J connectivity index is 1.09. The summed E-state index contributed by atoms with van der Waals surface area (Å²) in [5.41, 5.74) is 0.196. The van der Waals surface area contributed by atoms with Gasteiger partial charge in [-0.3, -0.25) is 14.8 Å². The van der Waals surface area contributed by atoms with Crippen molar-refractivity contribution in [2.24, 2.45) is 0 Å². The third-order valence-corrected chi connectivity index (χ3v) is 18.4. The van der Waals surface area contributed by atoms with Crippen molar-refractivity contribution in [1.82, 2.24) is 24.8 Å². The van der Waals surface area contributed by atoms with Crippen LogP contribution in [-0.2, 0) is 9.16 Å². The quantitative estimate of drug-likeness (QED) is 0.132. The van der Waals surface area contributed by atoms with Crippen LogP contribution in [0.2, 0.25) is 10.1 Å². The summed E-state index contributed by atoms with van der Waals surface area (Å²) >= 11 is 6.75. The van der Waals surface area contributed by atoms with Gasteiger partial charge in [-0.1, -0.05) is 123 Å². The minimum atomic E-state index is -2.89. The molecule has 0 aliphatic carbocycles. The molecule has 2 bridgehead atoms. The van der Waals surface area contributed by atoms with Crippen molar-refractivity contribution in [3.63, 3.8) is 0 Å². The Morgan fingerprint density at radius 2 is 1.48 bits per heavy atom. The van der Waals surface area contributed by atoms with Crippen molar-refractivity contribution in [2.45, 2.75) is 95.7 Å². The van der Waals surface area contributed by atoms with Gasteiger partial charge < -0.3 is 18.8 Å². The number of pyridine rings is 1. The number of ether oxygens (including phenoxy) is 2. The number of anilines is 1. The molecule has 3 aliphatic heterocycles. The maximum absolute atomic E-state index is 17.4. The highest BCUT2D eigenvalue weighted by Gasteiger charge is 2.53. The fourth-order valence-electron chi connectivity index (χ4n) is 10.1. The van der Waals surface area contributed by atoms with E-state index < -0.39 is 19.7 Å². The van der Waals surface area contributed by atoms with Gasteiger partial charge in [0.25, 0.3) is 8.32 Å². The molecular weight excluding hydrogens is 831 g/mol. The van der Waals surface area contributed by atoms with Crippen LogP contribution in [0.3, 0.4) is 0 Å². The summed E-state index contributed by atoms with van der Waals surface area (Å²) in [7, 11) is -0.790. The molecule has 9 rings (SSSR count). The Morgan fingerprint density at radius 3 is 2.10 bits per heavy atom. The number of aromatic nitrogens is 3. The third-order valence-electron chi connectivity index (χ3n) is 13.0. The van der Waals surface area contributed by atoms with Crippen LogP contribution in [-0.4, -0.2) is 102 Å². The van der Waals surface area contributed by atoms with Gasteiger partial charge in [-0.2, -0.15) is 9.97 Å². The Bertz CT molecular complexity index is 2590. The van der Waals surface area contributed by atoms with Crippen LogP contribution < -0.4 is 20.0 Å². The number of benzene rings is 4.